The summed E-state index contributed by atoms with van der Waals surface area (Å²) in [6, 6.07) is 2.33. The molecule has 1 amide bonds. The van der Waals surface area contributed by atoms with Crippen molar-refractivity contribution in [2.24, 2.45) is 11.8 Å². The molecule has 0 saturated carbocycles. The van der Waals surface area contributed by atoms with E-state index in [1.807, 2.05) is 0 Å². The number of rotatable bonds is 6. The molecule has 1 aliphatic heterocycles. The van der Waals surface area contributed by atoms with E-state index in [-0.39, 0.29) is 31.8 Å². The predicted octanol–water partition coefficient (Wildman–Crippen LogP) is 3.05. The number of hydrogen-bond acceptors (Lipinski definition) is 6. The highest BCUT2D eigenvalue weighted by Gasteiger charge is 2.34. The van der Waals surface area contributed by atoms with E-state index in [4.69, 9.17) is 0 Å². The summed E-state index contributed by atoms with van der Waals surface area (Å²) in [6.45, 7) is 4.23. The van der Waals surface area contributed by atoms with Gasteiger partial charge in [-0.25, -0.2) is 17.2 Å². The molecule has 0 aliphatic carbocycles. The van der Waals surface area contributed by atoms with E-state index in [1.165, 1.54) is 11.3 Å². The van der Waals surface area contributed by atoms with Gasteiger partial charge in [-0.3, -0.25) is 4.79 Å². The summed E-state index contributed by atoms with van der Waals surface area (Å²) < 4.78 is 53.6. The summed E-state index contributed by atoms with van der Waals surface area (Å²) in [5.74, 6) is -2.03. The average Bonchev–Trinajstić information content (AvgIpc) is 3.09. The smallest absolute Gasteiger partial charge is 0.246 e. The van der Waals surface area contributed by atoms with Crippen LogP contribution in [0.4, 0.5) is 13.9 Å². The number of carbonyl (C=O) groups excluding carboxylic acids is 1. The molecule has 1 aromatic carbocycles. The SMILES string of the molecule is CC(C)Cc1nnc(NC(=O)C2CCN(S(=O)(=O)c3cc(F)ccc3F)CC2)s1. The van der Waals surface area contributed by atoms with Crippen molar-refractivity contribution in [2.45, 2.75) is 38.0 Å². The molecule has 0 atom stereocenters. The second kappa shape index (κ2) is 8.80. The number of sulfonamides is 1. The number of piperidine rings is 1. The van der Waals surface area contributed by atoms with Crippen molar-refractivity contribution in [3.63, 3.8) is 0 Å². The van der Waals surface area contributed by atoms with Gasteiger partial charge in [0.1, 0.15) is 21.5 Å². The first-order chi connectivity index (χ1) is 13.7. The van der Waals surface area contributed by atoms with Crippen LogP contribution in [0.15, 0.2) is 23.1 Å². The number of halogens is 2. The Morgan fingerprint density at radius 3 is 2.62 bits per heavy atom. The number of nitrogens with zero attached hydrogens (tertiary/aromatic N) is 3. The van der Waals surface area contributed by atoms with Gasteiger partial charge in [-0.2, -0.15) is 4.31 Å². The molecule has 2 heterocycles. The van der Waals surface area contributed by atoms with Crippen LogP contribution in [0.5, 0.6) is 0 Å². The first kappa shape index (κ1) is 21.7. The maximum atomic E-state index is 13.9. The molecule has 3 rings (SSSR count). The van der Waals surface area contributed by atoms with Crippen molar-refractivity contribution < 1.29 is 22.0 Å². The Bertz CT molecular complexity index is 987. The summed E-state index contributed by atoms with van der Waals surface area (Å²) >= 11 is 1.32. The van der Waals surface area contributed by atoms with Crippen LogP contribution in [-0.2, 0) is 21.2 Å². The third-order valence-corrected chi connectivity index (χ3v) is 7.39. The molecule has 1 saturated heterocycles. The highest BCUT2D eigenvalue weighted by Crippen LogP contribution is 2.27. The normalized spacial score (nSPS) is 16.3. The predicted molar refractivity (Wildman–Crippen MR) is 105 cm³/mol. The van der Waals surface area contributed by atoms with Gasteiger partial charge in [0.15, 0.2) is 0 Å². The number of carbonyl (C=O) groups is 1. The highest BCUT2D eigenvalue weighted by atomic mass is 32.2. The van der Waals surface area contributed by atoms with Gasteiger partial charge in [0.2, 0.25) is 21.1 Å². The molecule has 1 N–H and O–H groups in total. The second-order valence-electron chi connectivity index (χ2n) is 7.34. The van der Waals surface area contributed by atoms with E-state index in [2.05, 4.69) is 29.4 Å². The lowest BCUT2D eigenvalue weighted by Crippen LogP contribution is -2.41. The molecule has 158 valence electrons. The van der Waals surface area contributed by atoms with Gasteiger partial charge in [-0.15, -0.1) is 10.2 Å². The van der Waals surface area contributed by atoms with Crippen LogP contribution < -0.4 is 5.32 Å². The van der Waals surface area contributed by atoms with E-state index < -0.39 is 32.5 Å². The number of anilines is 1. The van der Waals surface area contributed by atoms with Crippen LogP contribution in [-0.4, -0.2) is 41.9 Å². The maximum Gasteiger partial charge on any atom is 0.246 e. The molecule has 0 radical (unpaired) electrons. The standard InChI is InChI=1S/C18H22F2N4O3S2/c1-11(2)9-16-22-23-18(28-16)21-17(25)12-5-7-24(8-6-12)29(26,27)15-10-13(19)3-4-14(15)20/h3-4,10-12H,5-9H2,1-2H3,(H,21,23,25). The number of hydrogen-bond donors (Lipinski definition) is 1. The molecule has 29 heavy (non-hydrogen) atoms. The molecule has 11 heteroatoms. The van der Waals surface area contributed by atoms with Gasteiger partial charge in [0.05, 0.1) is 0 Å². The fourth-order valence-corrected chi connectivity index (χ4v) is 5.62. The van der Waals surface area contributed by atoms with Gasteiger partial charge in [0, 0.05) is 25.4 Å². The molecule has 7 nitrogen and oxygen atoms in total. The van der Waals surface area contributed by atoms with Crippen LogP contribution in [0, 0.1) is 23.5 Å². The van der Waals surface area contributed by atoms with E-state index >= 15 is 0 Å². The molecule has 1 aliphatic rings. The lowest BCUT2D eigenvalue weighted by Gasteiger charge is -2.30. The van der Waals surface area contributed by atoms with Crippen molar-refractivity contribution in [2.75, 3.05) is 18.4 Å². The van der Waals surface area contributed by atoms with Gasteiger partial charge >= 0.3 is 0 Å². The third kappa shape index (κ3) is 5.14. The summed E-state index contributed by atoms with van der Waals surface area (Å²) in [6.07, 6.45) is 1.33. The van der Waals surface area contributed by atoms with Crippen molar-refractivity contribution in [1.82, 2.24) is 14.5 Å². The molecule has 0 unspecified atom stereocenters. The number of aromatic nitrogens is 2. The summed E-state index contributed by atoms with van der Waals surface area (Å²) in [5, 5.41) is 12.0. The zero-order valence-corrected chi connectivity index (χ0v) is 17.7. The largest absolute Gasteiger partial charge is 0.300 e. The van der Waals surface area contributed by atoms with E-state index in [0.717, 1.165) is 27.9 Å². The molecule has 1 fully saturated rings. The Morgan fingerprint density at radius 1 is 1.28 bits per heavy atom. The Kier molecular flexibility index (Phi) is 6.59. The molecule has 0 spiro atoms. The maximum absolute atomic E-state index is 13.9. The Balaban J connectivity index is 1.60. The van der Waals surface area contributed by atoms with Crippen LogP contribution in [0.1, 0.15) is 31.7 Å². The minimum Gasteiger partial charge on any atom is -0.300 e. The molecule has 2 aromatic rings. The Morgan fingerprint density at radius 2 is 1.97 bits per heavy atom. The van der Waals surface area contributed by atoms with E-state index in [9.17, 15) is 22.0 Å². The number of nitrogens with one attached hydrogen (secondary N) is 1. The third-order valence-electron chi connectivity index (χ3n) is 4.62. The quantitative estimate of drug-likeness (QED) is 0.739. The molecule has 1 aromatic heterocycles. The number of amides is 1. The minimum absolute atomic E-state index is 0.0467. The summed E-state index contributed by atoms with van der Waals surface area (Å²) in [7, 11) is -4.17. The Labute approximate surface area is 172 Å². The summed E-state index contributed by atoms with van der Waals surface area (Å²) in [5.41, 5.74) is 0. The molecule has 0 bridgehead atoms. The van der Waals surface area contributed by atoms with Crippen LogP contribution in [0.2, 0.25) is 0 Å². The van der Waals surface area contributed by atoms with Crippen LogP contribution >= 0.6 is 11.3 Å². The average molecular weight is 445 g/mol. The van der Waals surface area contributed by atoms with Gasteiger partial charge in [-0.05, 0) is 37.0 Å². The molecular formula is C18H22F2N4O3S2. The lowest BCUT2D eigenvalue weighted by atomic mass is 9.97. The van der Waals surface area contributed by atoms with Crippen molar-refractivity contribution in [3.05, 3.63) is 34.8 Å². The van der Waals surface area contributed by atoms with Crippen LogP contribution in [0.25, 0.3) is 0 Å². The van der Waals surface area contributed by atoms with E-state index in [0.29, 0.717) is 17.1 Å². The highest BCUT2D eigenvalue weighted by molar-refractivity contribution is 7.89. The zero-order valence-electron chi connectivity index (χ0n) is 16.1. The van der Waals surface area contributed by atoms with E-state index in [1.54, 1.807) is 0 Å². The topological polar surface area (TPSA) is 92.3 Å². The second-order valence-corrected chi connectivity index (χ2v) is 10.3. The van der Waals surface area contributed by atoms with Gasteiger partial charge in [0.25, 0.3) is 0 Å². The molecular weight excluding hydrogens is 422 g/mol. The van der Waals surface area contributed by atoms with Gasteiger partial charge < -0.3 is 5.32 Å². The summed E-state index contributed by atoms with van der Waals surface area (Å²) in [4.78, 5) is 11.8. The zero-order chi connectivity index (χ0) is 21.2. The monoisotopic (exact) mass is 444 g/mol. The fourth-order valence-electron chi connectivity index (χ4n) is 3.12. The Hall–Kier alpha value is -1.98. The number of benzene rings is 1. The van der Waals surface area contributed by atoms with Crippen LogP contribution in [0.3, 0.4) is 0 Å². The lowest BCUT2D eigenvalue weighted by molar-refractivity contribution is -0.120. The fraction of sp³-hybridized carbons (Fsp3) is 0.500. The minimum atomic E-state index is -4.17. The first-order valence-corrected chi connectivity index (χ1v) is 11.5. The first-order valence-electron chi connectivity index (χ1n) is 9.25. The van der Waals surface area contributed by atoms with Crippen molar-refractivity contribution >= 4 is 32.4 Å². The van der Waals surface area contributed by atoms with Crippen molar-refractivity contribution in [1.29, 1.82) is 0 Å². The van der Waals surface area contributed by atoms with Crippen molar-refractivity contribution in [3.8, 4) is 0 Å². The van der Waals surface area contributed by atoms with Gasteiger partial charge in [-0.1, -0.05) is 25.2 Å².